The minimum absolute atomic E-state index is 0.0923. The first-order valence-electron chi connectivity index (χ1n) is 6.19. The quantitative estimate of drug-likeness (QED) is 0.646. The van der Waals surface area contributed by atoms with Crippen molar-refractivity contribution < 1.29 is 14.3 Å². The molecule has 5 heteroatoms. The maximum atomic E-state index is 12.0. The topological polar surface area (TPSA) is 72.6 Å². The van der Waals surface area contributed by atoms with Crippen molar-refractivity contribution in [2.45, 2.75) is 20.3 Å². The van der Waals surface area contributed by atoms with Gasteiger partial charge in [-0.15, -0.1) is 0 Å². The van der Waals surface area contributed by atoms with Gasteiger partial charge in [-0.25, -0.2) is 0 Å². The van der Waals surface area contributed by atoms with Crippen LogP contribution in [0.4, 0.5) is 11.4 Å². The number of esters is 1. The summed E-state index contributed by atoms with van der Waals surface area (Å²) in [5.41, 5.74) is 9.39. The van der Waals surface area contributed by atoms with Crippen molar-refractivity contribution in [3.05, 3.63) is 23.3 Å². The molecule has 1 aliphatic rings. The van der Waals surface area contributed by atoms with Gasteiger partial charge in [0.25, 0.3) is 0 Å². The number of methoxy groups -OCH3 is 1. The third-order valence-electron chi connectivity index (χ3n) is 3.71. The average molecular weight is 262 g/mol. The van der Waals surface area contributed by atoms with Crippen LogP contribution in [-0.4, -0.2) is 25.5 Å². The summed E-state index contributed by atoms with van der Waals surface area (Å²) in [5.74, 6) is -0.845. The van der Waals surface area contributed by atoms with Gasteiger partial charge in [-0.3, -0.25) is 9.59 Å². The van der Waals surface area contributed by atoms with E-state index in [2.05, 4.69) is 0 Å². The molecule has 0 saturated carbocycles. The van der Waals surface area contributed by atoms with Crippen molar-refractivity contribution in [3.8, 4) is 0 Å². The lowest BCUT2D eigenvalue weighted by Crippen LogP contribution is -2.27. The van der Waals surface area contributed by atoms with Crippen molar-refractivity contribution in [3.63, 3.8) is 0 Å². The van der Waals surface area contributed by atoms with Gasteiger partial charge in [-0.05, 0) is 31.0 Å². The van der Waals surface area contributed by atoms with E-state index in [1.165, 1.54) is 7.11 Å². The fraction of sp³-hybridized carbons (Fsp3) is 0.429. The SMILES string of the molecule is COC(=O)C1CC(=O)N(c2ccc(C)c(C)c2N)C1. The molecule has 1 atom stereocenters. The summed E-state index contributed by atoms with van der Waals surface area (Å²) < 4.78 is 4.69. The van der Waals surface area contributed by atoms with E-state index >= 15 is 0 Å². The van der Waals surface area contributed by atoms with E-state index in [0.717, 1.165) is 11.1 Å². The summed E-state index contributed by atoms with van der Waals surface area (Å²) in [6.45, 7) is 4.23. The number of hydrogen-bond donors (Lipinski definition) is 1. The molecule has 0 aliphatic carbocycles. The predicted molar refractivity (Wildman–Crippen MR) is 72.8 cm³/mol. The van der Waals surface area contributed by atoms with Gasteiger partial charge >= 0.3 is 5.97 Å². The zero-order valence-electron chi connectivity index (χ0n) is 11.4. The Balaban J connectivity index is 2.31. The Morgan fingerprint density at radius 2 is 2.11 bits per heavy atom. The highest BCUT2D eigenvalue weighted by atomic mass is 16.5. The molecule has 2 rings (SSSR count). The second kappa shape index (κ2) is 4.91. The smallest absolute Gasteiger partial charge is 0.311 e. The van der Waals surface area contributed by atoms with E-state index in [9.17, 15) is 9.59 Å². The Morgan fingerprint density at radius 3 is 2.74 bits per heavy atom. The second-order valence-corrected chi connectivity index (χ2v) is 4.87. The number of anilines is 2. The molecule has 2 N–H and O–H groups in total. The van der Waals surface area contributed by atoms with Gasteiger partial charge in [-0.2, -0.15) is 0 Å². The lowest BCUT2D eigenvalue weighted by atomic mass is 10.1. The number of carbonyl (C=O) groups excluding carboxylic acids is 2. The minimum atomic E-state index is -0.404. The molecule has 1 unspecified atom stereocenters. The summed E-state index contributed by atoms with van der Waals surface area (Å²) in [6.07, 6.45) is 0.180. The number of aryl methyl sites for hydroxylation is 1. The third kappa shape index (κ3) is 2.28. The zero-order valence-corrected chi connectivity index (χ0v) is 11.4. The van der Waals surface area contributed by atoms with Gasteiger partial charge in [-0.1, -0.05) is 6.07 Å². The van der Waals surface area contributed by atoms with Crippen LogP contribution in [0.5, 0.6) is 0 Å². The summed E-state index contributed by atoms with van der Waals surface area (Å²) >= 11 is 0. The Kier molecular flexibility index (Phi) is 3.46. The lowest BCUT2D eigenvalue weighted by Gasteiger charge is -2.20. The second-order valence-electron chi connectivity index (χ2n) is 4.87. The van der Waals surface area contributed by atoms with Crippen molar-refractivity contribution in [1.29, 1.82) is 0 Å². The van der Waals surface area contributed by atoms with E-state index in [4.69, 9.17) is 10.5 Å². The first-order chi connectivity index (χ1) is 8.95. The monoisotopic (exact) mass is 262 g/mol. The maximum Gasteiger partial charge on any atom is 0.311 e. The van der Waals surface area contributed by atoms with Crippen molar-refractivity contribution in [2.24, 2.45) is 5.92 Å². The molecule has 1 aromatic rings. The van der Waals surface area contributed by atoms with Crippen LogP contribution in [0.2, 0.25) is 0 Å². The van der Waals surface area contributed by atoms with Gasteiger partial charge in [0, 0.05) is 13.0 Å². The highest BCUT2D eigenvalue weighted by molar-refractivity contribution is 6.01. The molecule has 0 radical (unpaired) electrons. The first kappa shape index (κ1) is 13.4. The molecule has 0 bridgehead atoms. The van der Waals surface area contributed by atoms with Crippen LogP contribution in [0.25, 0.3) is 0 Å². The number of carbonyl (C=O) groups is 2. The molecule has 19 heavy (non-hydrogen) atoms. The molecule has 1 saturated heterocycles. The van der Waals surface area contributed by atoms with E-state index in [1.54, 1.807) is 4.90 Å². The zero-order chi connectivity index (χ0) is 14.2. The van der Waals surface area contributed by atoms with E-state index in [-0.39, 0.29) is 18.3 Å². The summed E-state index contributed by atoms with van der Waals surface area (Å²) in [6, 6.07) is 3.76. The first-order valence-corrected chi connectivity index (χ1v) is 6.19. The van der Waals surface area contributed by atoms with Gasteiger partial charge in [0.15, 0.2) is 0 Å². The number of benzene rings is 1. The molecule has 0 aromatic heterocycles. The molecular weight excluding hydrogens is 244 g/mol. The Labute approximate surface area is 112 Å². The molecule has 1 fully saturated rings. The number of amides is 1. The number of nitrogens with two attached hydrogens (primary N) is 1. The van der Waals surface area contributed by atoms with Gasteiger partial charge in [0.2, 0.25) is 5.91 Å². The number of ether oxygens (including phenoxy) is 1. The van der Waals surface area contributed by atoms with Gasteiger partial charge < -0.3 is 15.4 Å². The lowest BCUT2D eigenvalue weighted by molar-refractivity contribution is -0.145. The van der Waals surface area contributed by atoms with Crippen molar-refractivity contribution >= 4 is 23.3 Å². The van der Waals surface area contributed by atoms with Gasteiger partial charge in [0.1, 0.15) is 0 Å². The predicted octanol–water partition coefficient (Wildman–Crippen LogP) is 1.41. The van der Waals surface area contributed by atoms with Crippen LogP contribution in [0, 0.1) is 19.8 Å². The molecule has 1 amide bonds. The number of hydrogen-bond acceptors (Lipinski definition) is 4. The maximum absolute atomic E-state index is 12.0. The van der Waals surface area contributed by atoms with Crippen LogP contribution >= 0.6 is 0 Å². The molecule has 102 valence electrons. The molecule has 1 aliphatic heterocycles. The normalized spacial score (nSPS) is 18.8. The third-order valence-corrected chi connectivity index (χ3v) is 3.71. The number of rotatable bonds is 2. The fourth-order valence-electron chi connectivity index (χ4n) is 2.32. The van der Waals surface area contributed by atoms with E-state index < -0.39 is 5.92 Å². The molecular formula is C14H18N2O3. The van der Waals surface area contributed by atoms with Crippen LogP contribution in [0.3, 0.4) is 0 Å². The highest BCUT2D eigenvalue weighted by Crippen LogP contribution is 2.33. The van der Waals surface area contributed by atoms with Crippen molar-refractivity contribution in [1.82, 2.24) is 0 Å². The van der Waals surface area contributed by atoms with E-state index in [0.29, 0.717) is 17.9 Å². The molecule has 5 nitrogen and oxygen atoms in total. The van der Waals surface area contributed by atoms with Crippen LogP contribution < -0.4 is 10.6 Å². The largest absolute Gasteiger partial charge is 0.469 e. The molecule has 0 spiro atoms. The Bertz CT molecular complexity index is 540. The Hall–Kier alpha value is -2.04. The van der Waals surface area contributed by atoms with E-state index in [1.807, 2.05) is 26.0 Å². The fourth-order valence-corrected chi connectivity index (χ4v) is 2.32. The number of nitrogen functional groups attached to an aromatic ring is 1. The molecule has 1 heterocycles. The van der Waals surface area contributed by atoms with Gasteiger partial charge in [0.05, 0.1) is 24.4 Å². The summed E-state index contributed by atoms with van der Waals surface area (Å²) in [7, 11) is 1.33. The van der Waals surface area contributed by atoms with Crippen LogP contribution in [-0.2, 0) is 14.3 Å². The minimum Gasteiger partial charge on any atom is -0.469 e. The Morgan fingerprint density at radius 1 is 1.42 bits per heavy atom. The molecule has 1 aromatic carbocycles. The number of nitrogens with zero attached hydrogens (tertiary/aromatic N) is 1. The summed E-state index contributed by atoms with van der Waals surface area (Å²) in [5, 5.41) is 0. The van der Waals surface area contributed by atoms with Crippen LogP contribution in [0.15, 0.2) is 12.1 Å². The van der Waals surface area contributed by atoms with Crippen molar-refractivity contribution in [2.75, 3.05) is 24.3 Å². The standard InChI is InChI=1S/C14H18N2O3/c1-8-4-5-11(13(15)9(8)2)16-7-10(6-12(16)17)14(18)19-3/h4-5,10H,6-7,15H2,1-3H3. The summed E-state index contributed by atoms with van der Waals surface area (Å²) in [4.78, 5) is 25.1. The average Bonchev–Trinajstić information content (AvgIpc) is 2.77. The van der Waals surface area contributed by atoms with Crippen LogP contribution in [0.1, 0.15) is 17.5 Å². The highest BCUT2D eigenvalue weighted by Gasteiger charge is 2.36.